The number of halogens is 1. The standard InChI is InChI=1S/C27H22ClN3O3/c1-18-7-8-19(2)31(18)22-13-11-21(12-14-22)26(32)30-29-17-20-9-15-23(16-10-20)34-27(33)24-5-3-4-6-25(24)28/h3-17H,1-2H3,(H,30,32). The number of carbonyl (C=O) groups excluding carboxylic acids is 2. The number of carbonyl (C=O) groups is 2. The Kier molecular flexibility index (Phi) is 6.90. The van der Waals surface area contributed by atoms with E-state index in [-0.39, 0.29) is 5.91 Å². The minimum absolute atomic E-state index is 0.296. The monoisotopic (exact) mass is 471 g/mol. The third-order valence-corrected chi connectivity index (χ3v) is 5.55. The first-order valence-corrected chi connectivity index (χ1v) is 11.0. The van der Waals surface area contributed by atoms with Crippen LogP contribution in [0, 0.1) is 13.8 Å². The summed E-state index contributed by atoms with van der Waals surface area (Å²) >= 11 is 6.03. The topological polar surface area (TPSA) is 72.7 Å². The van der Waals surface area contributed by atoms with Gasteiger partial charge in [0.25, 0.3) is 5.91 Å². The van der Waals surface area contributed by atoms with Crippen LogP contribution in [0.25, 0.3) is 5.69 Å². The van der Waals surface area contributed by atoms with E-state index in [0.717, 1.165) is 22.6 Å². The van der Waals surface area contributed by atoms with Crippen LogP contribution >= 0.6 is 11.6 Å². The molecule has 170 valence electrons. The lowest BCUT2D eigenvalue weighted by molar-refractivity contribution is 0.0734. The summed E-state index contributed by atoms with van der Waals surface area (Å²) in [6.45, 7) is 4.08. The smallest absolute Gasteiger partial charge is 0.345 e. The van der Waals surface area contributed by atoms with E-state index >= 15 is 0 Å². The largest absolute Gasteiger partial charge is 0.423 e. The Morgan fingerprint density at radius 1 is 0.882 bits per heavy atom. The van der Waals surface area contributed by atoms with Gasteiger partial charge < -0.3 is 9.30 Å². The average molecular weight is 472 g/mol. The first-order chi connectivity index (χ1) is 16.4. The first-order valence-electron chi connectivity index (χ1n) is 10.6. The molecule has 1 amide bonds. The maximum Gasteiger partial charge on any atom is 0.345 e. The van der Waals surface area contributed by atoms with E-state index in [0.29, 0.717) is 21.9 Å². The molecule has 1 aromatic heterocycles. The van der Waals surface area contributed by atoms with Gasteiger partial charge in [0.15, 0.2) is 0 Å². The van der Waals surface area contributed by atoms with Crippen molar-refractivity contribution < 1.29 is 14.3 Å². The van der Waals surface area contributed by atoms with Crippen LogP contribution in [0.1, 0.15) is 37.7 Å². The van der Waals surface area contributed by atoms with Gasteiger partial charge in [-0.2, -0.15) is 5.10 Å². The number of amides is 1. The third-order valence-electron chi connectivity index (χ3n) is 5.22. The van der Waals surface area contributed by atoms with Crippen molar-refractivity contribution in [3.63, 3.8) is 0 Å². The van der Waals surface area contributed by atoms with E-state index in [4.69, 9.17) is 16.3 Å². The van der Waals surface area contributed by atoms with Gasteiger partial charge in [-0.15, -0.1) is 0 Å². The second-order valence-corrected chi connectivity index (χ2v) is 8.04. The molecule has 6 nitrogen and oxygen atoms in total. The highest BCUT2D eigenvalue weighted by atomic mass is 35.5. The number of aryl methyl sites for hydroxylation is 2. The Balaban J connectivity index is 1.34. The highest BCUT2D eigenvalue weighted by Gasteiger charge is 2.12. The highest BCUT2D eigenvalue weighted by molar-refractivity contribution is 6.33. The molecule has 0 atom stereocenters. The van der Waals surface area contributed by atoms with Gasteiger partial charge in [0.2, 0.25) is 0 Å². The molecule has 1 heterocycles. The fourth-order valence-corrected chi connectivity index (χ4v) is 3.69. The minimum atomic E-state index is -0.535. The van der Waals surface area contributed by atoms with E-state index in [1.165, 1.54) is 6.21 Å². The van der Waals surface area contributed by atoms with Crippen LogP contribution in [0.3, 0.4) is 0 Å². The molecule has 0 aliphatic heterocycles. The number of rotatable bonds is 6. The molecular weight excluding hydrogens is 450 g/mol. The zero-order valence-electron chi connectivity index (χ0n) is 18.7. The molecule has 0 unspecified atom stereocenters. The van der Waals surface area contributed by atoms with Gasteiger partial charge in [0.05, 0.1) is 16.8 Å². The van der Waals surface area contributed by atoms with Crippen molar-refractivity contribution in [1.29, 1.82) is 0 Å². The van der Waals surface area contributed by atoms with Crippen molar-refractivity contribution in [2.24, 2.45) is 5.10 Å². The van der Waals surface area contributed by atoms with Gasteiger partial charge in [-0.05, 0) is 92.2 Å². The zero-order chi connectivity index (χ0) is 24.1. The number of ether oxygens (including phenoxy) is 1. The van der Waals surface area contributed by atoms with Gasteiger partial charge in [0.1, 0.15) is 5.75 Å². The number of nitrogens with zero attached hydrogens (tertiary/aromatic N) is 2. The van der Waals surface area contributed by atoms with Gasteiger partial charge >= 0.3 is 5.97 Å². The maximum absolute atomic E-state index is 12.4. The van der Waals surface area contributed by atoms with Crippen molar-refractivity contribution in [3.05, 3.63) is 118 Å². The number of benzene rings is 3. The summed E-state index contributed by atoms with van der Waals surface area (Å²) in [6.07, 6.45) is 1.51. The maximum atomic E-state index is 12.4. The molecule has 7 heteroatoms. The molecule has 0 fully saturated rings. The van der Waals surface area contributed by atoms with Crippen LogP contribution < -0.4 is 10.2 Å². The summed E-state index contributed by atoms with van der Waals surface area (Å²) in [7, 11) is 0. The Labute approximate surface area is 202 Å². The zero-order valence-corrected chi connectivity index (χ0v) is 19.4. The van der Waals surface area contributed by atoms with Gasteiger partial charge in [0, 0.05) is 22.6 Å². The normalized spacial score (nSPS) is 10.9. The molecule has 0 spiro atoms. The molecule has 3 aromatic carbocycles. The number of hydrogen-bond acceptors (Lipinski definition) is 4. The summed E-state index contributed by atoms with van der Waals surface area (Å²) in [5.41, 5.74) is 7.30. The number of esters is 1. The Bertz CT molecular complexity index is 1340. The van der Waals surface area contributed by atoms with E-state index < -0.39 is 5.97 Å². The molecule has 0 aliphatic carbocycles. The summed E-state index contributed by atoms with van der Waals surface area (Å²) in [5.74, 6) is -0.471. The molecule has 4 aromatic rings. The number of nitrogens with one attached hydrogen (secondary N) is 1. The molecule has 0 aliphatic rings. The van der Waals surface area contributed by atoms with Crippen molar-refractivity contribution >= 4 is 29.7 Å². The second-order valence-electron chi connectivity index (χ2n) is 7.64. The van der Waals surface area contributed by atoms with Crippen LogP contribution in [-0.2, 0) is 0 Å². The number of hydrazone groups is 1. The molecular formula is C27H22ClN3O3. The molecule has 4 rings (SSSR count). The fourth-order valence-electron chi connectivity index (χ4n) is 3.48. The summed E-state index contributed by atoms with van der Waals surface area (Å²) in [6, 6.07) is 24.9. The molecule has 1 N–H and O–H groups in total. The lowest BCUT2D eigenvalue weighted by Gasteiger charge is -2.10. The van der Waals surface area contributed by atoms with E-state index in [1.54, 1.807) is 60.7 Å². The lowest BCUT2D eigenvalue weighted by Crippen LogP contribution is -2.17. The van der Waals surface area contributed by atoms with E-state index in [2.05, 4.69) is 27.2 Å². The lowest BCUT2D eigenvalue weighted by atomic mass is 10.2. The van der Waals surface area contributed by atoms with Crippen molar-refractivity contribution in [2.75, 3.05) is 0 Å². The van der Waals surface area contributed by atoms with Crippen LogP contribution in [-0.4, -0.2) is 22.7 Å². The van der Waals surface area contributed by atoms with Crippen molar-refractivity contribution in [3.8, 4) is 11.4 Å². The highest BCUT2D eigenvalue weighted by Crippen LogP contribution is 2.19. The quantitative estimate of drug-likeness (QED) is 0.169. The van der Waals surface area contributed by atoms with Crippen molar-refractivity contribution in [2.45, 2.75) is 13.8 Å². The molecule has 0 saturated carbocycles. The molecule has 0 bridgehead atoms. The predicted molar refractivity (Wildman–Crippen MR) is 133 cm³/mol. The summed E-state index contributed by atoms with van der Waals surface area (Å²) < 4.78 is 7.47. The Morgan fingerprint density at radius 3 is 2.18 bits per heavy atom. The number of hydrogen-bond donors (Lipinski definition) is 1. The van der Waals surface area contributed by atoms with Gasteiger partial charge in [-0.3, -0.25) is 4.79 Å². The first kappa shape index (κ1) is 23.0. The SMILES string of the molecule is Cc1ccc(C)n1-c1ccc(C(=O)NN=Cc2ccc(OC(=O)c3ccccc3Cl)cc2)cc1. The van der Waals surface area contributed by atoms with Crippen LogP contribution in [0.2, 0.25) is 5.02 Å². The molecule has 34 heavy (non-hydrogen) atoms. The van der Waals surface area contributed by atoms with E-state index in [1.807, 2.05) is 26.0 Å². The predicted octanol–water partition coefficient (Wildman–Crippen LogP) is 5.73. The van der Waals surface area contributed by atoms with Gasteiger partial charge in [-0.1, -0.05) is 23.7 Å². The molecule has 0 radical (unpaired) electrons. The number of aromatic nitrogens is 1. The Morgan fingerprint density at radius 2 is 1.53 bits per heavy atom. The summed E-state index contributed by atoms with van der Waals surface area (Å²) in [5, 5.41) is 4.34. The average Bonchev–Trinajstić information content (AvgIpc) is 3.18. The van der Waals surface area contributed by atoms with Crippen LogP contribution in [0.5, 0.6) is 5.75 Å². The Hall–Kier alpha value is -4.16. The molecule has 0 saturated heterocycles. The summed E-state index contributed by atoms with van der Waals surface area (Å²) in [4.78, 5) is 24.6. The van der Waals surface area contributed by atoms with Crippen molar-refractivity contribution in [1.82, 2.24) is 9.99 Å². The minimum Gasteiger partial charge on any atom is -0.423 e. The van der Waals surface area contributed by atoms with Crippen LogP contribution in [0.15, 0.2) is 90.0 Å². The van der Waals surface area contributed by atoms with Crippen LogP contribution in [0.4, 0.5) is 0 Å². The van der Waals surface area contributed by atoms with Gasteiger partial charge in [-0.25, -0.2) is 10.2 Å². The second kappa shape index (κ2) is 10.2. The third kappa shape index (κ3) is 5.24. The van der Waals surface area contributed by atoms with E-state index in [9.17, 15) is 9.59 Å². The fraction of sp³-hybridized carbons (Fsp3) is 0.0741.